The second-order valence-corrected chi connectivity index (χ2v) is 5.61. The first kappa shape index (κ1) is 15.7. The highest BCUT2D eigenvalue weighted by Gasteiger charge is 2.18. The van der Waals surface area contributed by atoms with Crippen molar-refractivity contribution in [2.45, 2.75) is 25.2 Å². The molecule has 0 aromatic heterocycles. The normalized spacial score (nSPS) is 12.0. The van der Waals surface area contributed by atoms with Gasteiger partial charge in [-0.3, -0.25) is 9.59 Å². The van der Waals surface area contributed by atoms with Gasteiger partial charge in [0.15, 0.2) is 0 Å². The zero-order chi connectivity index (χ0) is 14.3. The van der Waals surface area contributed by atoms with E-state index < -0.39 is 0 Å². The quantitative estimate of drug-likeness (QED) is 0.784. The molecular formula is C14H19BrN2O2. The lowest BCUT2D eigenvalue weighted by Crippen LogP contribution is -2.41. The summed E-state index contributed by atoms with van der Waals surface area (Å²) >= 11 is 3.29. The highest BCUT2D eigenvalue weighted by molar-refractivity contribution is 9.10. The molecule has 0 saturated carbocycles. The molecule has 0 radical (unpaired) electrons. The lowest BCUT2D eigenvalue weighted by molar-refractivity contribution is -0.126. The smallest absolute Gasteiger partial charge is 0.239 e. The Hall–Kier alpha value is -1.36. The van der Waals surface area contributed by atoms with Gasteiger partial charge < -0.3 is 10.6 Å². The van der Waals surface area contributed by atoms with E-state index in [9.17, 15) is 9.59 Å². The zero-order valence-corrected chi connectivity index (χ0v) is 12.7. The van der Waals surface area contributed by atoms with Gasteiger partial charge in [0.25, 0.3) is 0 Å². The van der Waals surface area contributed by atoms with Crippen molar-refractivity contribution in [2.75, 3.05) is 6.54 Å². The topological polar surface area (TPSA) is 58.2 Å². The summed E-state index contributed by atoms with van der Waals surface area (Å²) in [6.07, 6.45) is 0. The van der Waals surface area contributed by atoms with Gasteiger partial charge in [0.05, 0.1) is 11.4 Å². The van der Waals surface area contributed by atoms with Crippen molar-refractivity contribution in [3.63, 3.8) is 0 Å². The number of carbonyl (C=O) groups is 2. The van der Waals surface area contributed by atoms with Crippen LogP contribution in [0.3, 0.4) is 0 Å². The van der Waals surface area contributed by atoms with Crippen LogP contribution in [0.1, 0.15) is 19.4 Å². The molecule has 5 heteroatoms. The van der Waals surface area contributed by atoms with Crippen LogP contribution in [0.4, 0.5) is 0 Å². The molecule has 0 bridgehead atoms. The Morgan fingerprint density at radius 1 is 1.16 bits per heavy atom. The van der Waals surface area contributed by atoms with Crippen molar-refractivity contribution >= 4 is 27.7 Å². The van der Waals surface area contributed by atoms with Gasteiger partial charge in [-0.05, 0) is 11.5 Å². The maximum atomic E-state index is 11.6. The summed E-state index contributed by atoms with van der Waals surface area (Å²) in [4.78, 5) is 22.9. The summed E-state index contributed by atoms with van der Waals surface area (Å²) in [6, 6.07) is 9.63. The molecule has 1 aromatic carbocycles. The third-order valence-corrected chi connectivity index (χ3v) is 4.06. The molecule has 0 saturated heterocycles. The molecule has 0 spiro atoms. The molecule has 1 unspecified atom stereocenters. The van der Waals surface area contributed by atoms with E-state index in [1.807, 2.05) is 44.2 Å². The van der Waals surface area contributed by atoms with E-state index in [0.29, 0.717) is 6.54 Å². The Labute approximate surface area is 122 Å². The molecule has 0 fully saturated rings. The summed E-state index contributed by atoms with van der Waals surface area (Å²) in [6.45, 7) is 4.35. The van der Waals surface area contributed by atoms with Crippen LogP contribution in [-0.4, -0.2) is 23.2 Å². The fourth-order valence-corrected chi connectivity index (χ4v) is 1.59. The monoisotopic (exact) mass is 326 g/mol. The van der Waals surface area contributed by atoms with E-state index in [1.54, 1.807) is 0 Å². The Morgan fingerprint density at radius 3 is 2.37 bits per heavy atom. The van der Waals surface area contributed by atoms with Crippen LogP contribution in [0.15, 0.2) is 30.3 Å². The first-order valence-electron chi connectivity index (χ1n) is 6.23. The molecule has 0 aliphatic heterocycles. The molecule has 19 heavy (non-hydrogen) atoms. The SMILES string of the molecule is CC(C)C(Br)C(=O)NCC(=O)NCc1ccccc1. The van der Waals surface area contributed by atoms with Gasteiger partial charge in [-0.25, -0.2) is 0 Å². The number of alkyl halides is 1. The molecule has 104 valence electrons. The number of hydrogen-bond acceptors (Lipinski definition) is 2. The van der Waals surface area contributed by atoms with Crippen molar-refractivity contribution in [3.8, 4) is 0 Å². The molecule has 0 heterocycles. The van der Waals surface area contributed by atoms with Crippen LogP contribution in [-0.2, 0) is 16.1 Å². The van der Waals surface area contributed by atoms with Crippen LogP contribution in [0.2, 0.25) is 0 Å². The maximum absolute atomic E-state index is 11.6. The van der Waals surface area contributed by atoms with E-state index in [4.69, 9.17) is 0 Å². The Bertz CT molecular complexity index is 421. The Balaban J connectivity index is 2.27. The number of amides is 2. The Morgan fingerprint density at radius 2 is 1.79 bits per heavy atom. The second kappa shape index (κ2) is 7.94. The highest BCUT2D eigenvalue weighted by atomic mass is 79.9. The van der Waals surface area contributed by atoms with E-state index >= 15 is 0 Å². The maximum Gasteiger partial charge on any atom is 0.239 e. The number of benzene rings is 1. The predicted octanol–water partition coefficient (Wildman–Crippen LogP) is 1.84. The average molecular weight is 327 g/mol. The molecule has 2 N–H and O–H groups in total. The van der Waals surface area contributed by atoms with E-state index in [0.717, 1.165) is 5.56 Å². The van der Waals surface area contributed by atoms with E-state index in [-0.39, 0.29) is 29.1 Å². The van der Waals surface area contributed by atoms with Crippen LogP contribution in [0.25, 0.3) is 0 Å². The molecule has 4 nitrogen and oxygen atoms in total. The van der Waals surface area contributed by atoms with Crippen LogP contribution >= 0.6 is 15.9 Å². The standard InChI is InChI=1S/C14H19BrN2O2/c1-10(2)13(15)14(19)17-9-12(18)16-8-11-6-4-3-5-7-11/h3-7,10,13H,8-9H2,1-2H3,(H,16,18)(H,17,19). The van der Waals surface area contributed by atoms with Gasteiger partial charge in [-0.1, -0.05) is 60.1 Å². The van der Waals surface area contributed by atoms with Crippen LogP contribution in [0, 0.1) is 5.92 Å². The third kappa shape index (κ3) is 5.87. The largest absolute Gasteiger partial charge is 0.350 e. The van der Waals surface area contributed by atoms with Crippen molar-refractivity contribution in [2.24, 2.45) is 5.92 Å². The number of carbonyl (C=O) groups excluding carboxylic acids is 2. The minimum absolute atomic E-state index is 0.000483. The van der Waals surface area contributed by atoms with E-state index in [1.165, 1.54) is 0 Å². The molecule has 1 rings (SSSR count). The Kier molecular flexibility index (Phi) is 6.56. The second-order valence-electron chi connectivity index (χ2n) is 4.63. The number of hydrogen-bond donors (Lipinski definition) is 2. The van der Waals surface area contributed by atoms with Crippen LogP contribution < -0.4 is 10.6 Å². The summed E-state index contributed by atoms with van der Waals surface area (Å²) < 4.78 is 0. The predicted molar refractivity (Wildman–Crippen MR) is 78.9 cm³/mol. The van der Waals surface area contributed by atoms with Gasteiger partial charge >= 0.3 is 0 Å². The minimum Gasteiger partial charge on any atom is -0.350 e. The van der Waals surface area contributed by atoms with Gasteiger partial charge in [0.1, 0.15) is 0 Å². The lowest BCUT2D eigenvalue weighted by Gasteiger charge is -2.13. The molecular weight excluding hydrogens is 308 g/mol. The summed E-state index contributed by atoms with van der Waals surface area (Å²) in [5.41, 5.74) is 1.03. The fourth-order valence-electron chi connectivity index (χ4n) is 1.43. The number of halogens is 1. The van der Waals surface area contributed by atoms with Crippen molar-refractivity contribution in [1.29, 1.82) is 0 Å². The molecule has 1 atom stereocenters. The van der Waals surface area contributed by atoms with Gasteiger partial charge in [-0.15, -0.1) is 0 Å². The molecule has 0 aliphatic carbocycles. The third-order valence-electron chi connectivity index (χ3n) is 2.59. The first-order chi connectivity index (χ1) is 9.00. The lowest BCUT2D eigenvalue weighted by atomic mass is 10.1. The molecule has 2 amide bonds. The van der Waals surface area contributed by atoms with Gasteiger partial charge in [0, 0.05) is 6.54 Å². The number of nitrogens with one attached hydrogen (secondary N) is 2. The van der Waals surface area contributed by atoms with Crippen molar-refractivity contribution in [1.82, 2.24) is 10.6 Å². The average Bonchev–Trinajstić information content (AvgIpc) is 2.42. The summed E-state index contributed by atoms with van der Waals surface area (Å²) in [7, 11) is 0. The molecule has 0 aliphatic rings. The summed E-state index contributed by atoms with van der Waals surface area (Å²) in [5, 5.41) is 5.36. The first-order valence-corrected chi connectivity index (χ1v) is 7.14. The molecule has 1 aromatic rings. The highest BCUT2D eigenvalue weighted by Crippen LogP contribution is 2.11. The van der Waals surface area contributed by atoms with Gasteiger partial charge in [0.2, 0.25) is 11.8 Å². The van der Waals surface area contributed by atoms with Crippen LogP contribution in [0.5, 0.6) is 0 Å². The van der Waals surface area contributed by atoms with Crippen molar-refractivity contribution in [3.05, 3.63) is 35.9 Å². The zero-order valence-electron chi connectivity index (χ0n) is 11.2. The van der Waals surface area contributed by atoms with Gasteiger partial charge in [-0.2, -0.15) is 0 Å². The fraction of sp³-hybridized carbons (Fsp3) is 0.429. The number of rotatable bonds is 6. The summed E-state index contributed by atoms with van der Waals surface area (Å²) in [5.74, 6) is -0.169. The van der Waals surface area contributed by atoms with Crippen molar-refractivity contribution < 1.29 is 9.59 Å². The minimum atomic E-state index is -0.269. The van der Waals surface area contributed by atoms with E-state index in [2.05, 4.69) is 26.6 Å².